The van der Waals surface area contributed by atoms with Crippen LogP contribution in [-0.2, 0) is 31.9 Å². The van der Waals surface area contributed by atoms with E-state index in [2.05, 4.69) is 10.1 Å². The van der Waals surface area contributed by atoms with E-state index in [4.69, 9.17) is 0 Å². The molecule has 0 saturated heterocycles. The number of carbonyl (C=O) groups excluding carboxylic acids is 1. The van der Waals surface area contributed by atoms with Gasteiger partial charge in [-0.3, -0.25) is 4.79 Å². The second kappa shape index (κ2) is 12.2. The Morgan fingerprint density at radius 2 is 1.93 bits per heavy atom. The number of rotatable bonds is 3. The topological polar surface area (TPSA) is 40.4 Å². The quantitative estimate of drug-likeness (QED) is 0.627. The summed E-state index contributed by atoms with van der Waals surface area (Å²) < 4.78 is 4.15. The van der Waals surface area contributed by atoms with Crippen LogP contribution in [0.2, 0.25) is 0 Å². The van der Waals surface area contributed by atoms with E-state index in [-0.39, 0.29) is 22.4 Å². The van der Waals surface area contributed by atoms with Crippen molar-refractivity contribution in [2.24, 2.45) is 0 Å². The third-order valence-corrected chi connectivity index (χ3v) is 1.25. The number of benzene rings is 1. The van der Waals surface area contributed by atoms with E-state index >= 15 is 0 Å². The SMILES string of the molecule is CCOC=O.C[N-]c1ccccc1.[Nb]. The molecule has 0 aromatic heterocycles. The Morgan fingerprint density at radius 3 is 2.14 bits per heavy atom. The first-order chi connectivity index (χ1) is 6.35. The minimum Gasteiger partial charge on any atom is -0.687 e. The van der Waals surface area contributed by atoms with E-state index in [0.29, 0.717) is 13.1 Å². The van der Waals surface area contributed by atoms with Gasteiger partial charge in [0, 0.05) is 22.4 Å². The molecule has 0 aliphatic rings. The van der Waals surface area contributed by atoms with Crippen molar-refractivity contribution in [2.45, 2.75) is 6.92 Å². The van der Waals surface area contributed by atoms with Crippen LogP contribution in [0.25, 0.3) is 5.32 Å². The molecule has 4 heteroatoms. The molecule has 77 valence electrons. The van der Waals surface area contributed by atoms with Gasteiger partial charge in [0.25, 0.3) is 6.47 Å². The van der Waals surface area contributed by atoms with Crippen LogP contribution in [-0.4, -0.2) is 20.1 Å². The molecule has 14 heavy (non-hydrogen) atoms. The largest absolute Gasteiger partial charge is 0.687 e. The van der Waals surface area contributed by atoms with Crippen molar-refractivity contribution in [1.82, 2.24) is 0 Å². The molecular weight excluding hydrogens is 259 g/mol. The maximum atomic E-state index is 9.18. The first-order valence-electron chi connectivity index (χ1n) is 4.05. The van der Waals surface area contributed by atoms with Crippen LogP contribution in [0.15, 0.2) is 30.3 Å². The van der Waals surface area contributed by atoms with E-state index in [1.165, 1.54) is 0 Å². The molecule has 1 rings (SSSR count). The van der Waals surface area contributed by atoms with E-state index in [1.54, 1.807) is 14.0 Å². The molecule has 0 spiro atoms. The minimum atomic E-state index is 0. The molecule has 0 N–H and O–H groups in total. The van der Waals surface area contributed by atoms with E-state index < -0.39 is 0 Å². The van der Waals surface area contributed by atoms with Crippen molar-refractivity contribution in [3.63, 3.8) is 0 Å². The number of nitrogens with zero attached hydrogens (tertiary/aromatic N) is 1. The third kappa shape index (κ3) is 9.32. The summed E-state index contributed by atoms with van der Waals surface area (Å²) >= 11 is 0. The van der Waals surface area contributed by atoms with Crippen molar-refractivity contribution < 1.29 is 31.9 Å². The van der Waals surface area contributed by atoms with Crippen LogP contribution >= 0.6 is 0 Å². The number of para-hydroxylation sites is 1. The van der Waals surface area contributed by atoms with Crippen molar-refractivity contribution >= 4 is 12.2 Å². The average molecular weight is 273 g/mol. The summed E-state index contributed by atoms with van der Waals surface area (Å²) in [7, 11) is 1.79. The summed E-state index contributed by atoms with van der Waals surface area (Å²) in [6.45, 7) is 2.66. The fraction of sp³-hybridized carbons (Fsp3) is 0.300. The van der Waals surface area contributed by atoms with E-state index in [1.807, 2.05) is 30.3 Å². The van der Waals surface area contributed by atoms with Gasteiger partial charge in [0.15, 0.2) is 0 Å². The second-order valence-electron chi connectivity index (χ2n) is 2.11. The van der Waals surface area contributed by atoms with Gasteiger partial charge in [0.1, 0.15) is 0 Å². The zero-order valence-corrected chi connectivity index (χ0v) is 10.6. The average Bonchev–Trinajstić information content (AvgIpc) is 2.21. The molecule has 0 heterocycles. The molecule has 0 aliphatic carbocycles. The fourth-order valence-electron chi connectivity index (χ4n) is 0.645. The number of ether oxygens (including phenoxy) is 1. The molecule has 1 radical (unpaired) electrons. The van der Waals surface area contributed by atoms with Gasteiger partial charge >= 0.3 is 0 Å². The van der Waals surface area contributed by atoms with Gasteiger partial charge in [-0.15, -0.1) is 12.7 Å². The zero-order chi connectivity index (χ0) is 9.94. The first-order valence-corrected chi connectivity index (χ1v) is 4.05. The van der Waals surface area contributed by atoms with Gasteiger partial charge in [-0.1, -0.05) is 30.3 Å². The van der Waals surface area contributed by atoms with Gasteiger partial charge in [-0.2, -0.15) is 0 Å². The van der Waals surface area contributed by atoms with E-state index in [0.717, 1.165) is 5.69 Å². The summed E-state index contributed by atoms with van der Waals surface area (Å²) in [6, 6.07) is 9.87. The van der Waals surface area contributed by atoms with Crippen LogP contribution < -0.4 is 0 Å². The van der Waals surface area contributed by atoms with Gasteiger partial charge in [-0.05, 0) is 6.92 Å². The minimum absolute atomic E-state index is 0. The smallest absolute Gasteiger partial charge is 0.293 e. The van der Waals surface area contributed by atoms with Gasteiger partial charge in [-0.25, -0.2) is 0 Å². The monoisotopic (exact) mass is 273 g/mol. The van der Waals surface area contributed by atoms with Crippen LogP contribution in [0.1, 0.15) is 6.92 Å². The Balaban J connectivity index is 0. The molecule has 0 unspecified atom stereocenters. The standard InChI is InChI=1S/C7H8N.C3H6O2.Nb/c1-8-7-5-3-2-4-6-7;1-2-5-3-4;/h2-6H,1H3;3H,2H2,1H3;/q-1;;. The van der Waals surface area contributed by atoms with Crippen LogP contribution in [0, 0.1) is 0 Å². The third-order valence-electron chi connectivity index (χ3n) is 1.25. The van der Waals surface area contributed by atoms with Crippen molar-refractivity contribution in [2.75, 3.05) is 13.7 Å². The Bertz CT molecular complexity index is 217. The molecule has 1 aromatic rings. The maximum absolute atomic E-state index is 9.18. The first kappa shape index (κ1) is 15.7. The molecule has 0 aliphatic heterocycles. The predicted octanol–water partition coefficient (Wildman–Crippen LogP) is 2.50. The molecule has 0 fully saturated rings. The molecular formula is C10H14NNbO2-. The van der Waals surface area contributed by atoms with Gasteiger partial charge in [0.2, 0.25) is 0 Å². The Labute approximate surface area is 100 Å². The molecule has 0 bridgehead atoms. The van der Waals surface area contributed by atoms with E-state index in [9.17, 15) is 4.79 Å². The molecule has 0 amide bonds. The van der Waals surface area contributed by atoms with Crippen LogP contribution in [0.5, 0.6) is 0 Å². The normalized spacial score (nSPS) is 7.29. The summed E-state index contributed by atoms with van der Waals surface area (Å²) in [6.07, 6.45) is 0. The number of hydrogen-bond donors (Lipinski definition) is 0. The van der Waals surface area contributed by atoms with Crippen molar-refractivity contribution in [3.05, 3.63) is 35.6 Å². The van der Waals surface area contributed by atoms with Crippen LogP contribution in [0.3, 0.4) is 0 Å². The summed E-state index contributed by atoms with van der Waals surface area (Å²) in [5, 5.41) is 3.97. The Kier molecular flexibility index (Phi) is 13.7. The van der Waals surface area contributed by atoms with Gasteiger partial charge in [0.05, 0.1) is 6.61 Å². The fourth-order valence-corrected chi connectivity index (χ4v) is 0.645. The summed E-state index contributed by atoms with van der Waals surface area (Å²) in [5.41, 5.74) is 1.03. The summed E-state index contributed by atoms with van der Waals surface area (Å²) in [5.74, 6) is 0. The second-order valence-corrected chi connectivity index (χ2v) is 2.11. The van der Waals surface area contributed by atoms with Gasteiger partial charge < -0.3 is 10.1 Å². The summed E-state index contributed by atoms with van der Waals surface area (Å²) in [4.78, 5) is 9.18. The van der Waals surface area contributed by atoms with Crippen LogP contribution in [0.4, 0.5) is 5.69 Å². The molecule has 0 saturated carbocycles. The molecule has 0 atom stereocenters. The van der Waals surface area contributed by atoms with Crippen molar-refractivity contribution in [1.29, 1.82) is 0 Å². The van der Waals surface area contributed by atoms with Crippen molar-refractivity contribution in [3.8, 4) is 0 Å². The number of carbonyl (C=O) groups is 1. The Hall–Kier alpha value is -0.770. The maximum Gasteiger partial charge on any atom is 0.293 e. The predicted molar refractivity (Wildman–Crippen MR) is 53.1 cm³/mol. The number of hydrogen-bond acceptors (Lipinski definition) is 2. The zero-order valence-electron chi connectivity index (χ0n) is 8.38. The molecule has 1 aromatic carbocycles. The Morgan fingerprint density at radius 1 is 1.36 bits per heavy atom. The molecule has 3 nitrogen and oxygen atoms in total.